The van der Waals surface area contributed by atoms with Crippen molar-refractivity contribution in [3.8, 4) is 5.75 Å². The van der Waals surface area contributed by atoms with Gasteiger partial charge in [-0.15, -0.1) is 11.3 Å². The molecule has 1 N–H and O–H groups in total. The topological polar surface area (TPSA) is 80.2 Å². The maximum Gasteiger partial charge on any atom is 0.328 e. The summed E-state index contributed by atoms with van der Waals surface area (Å²) in [5, 5.41) is 0.826. The van der Waals surface area contributed by atoms with Crippen LogP contribution in [0.3, 0.4) is 0 Å². The summed E-state index contributed by atoms with van der Waals surface area (Å²) >= 11 is 1.41. The highest BCUT2D eigenvalue weighted by molar-refractivity contribution is 7.25. The summed E-state index contributed by atoms with van der Waals surface area (Å²) in [4.78, 5) is 35.3. The number of hydrogen-bond donors (Lipinski definition) is 1. The van der Waals surface area contributed by atoms with Crippen LogP contribution in [0.4, 0.5) is 0 Å². The molecule has 2 unspecified atom stereocenters. The number of pyridine rings is 1. The normalized spacial score (nSPS) is 20.5. The first-order chi connectivity index (χ1) is 15.6. The van der Waals surface area contributed by atoms with Gasteiger partial charge in [-0.25, -0.2) is 4.79 Å². The van der Waals surface area contributed by atoms with Crippen LogP contribution in [0.2, 0.25) is 0 Å². The van der Waals surface area contributed by atoms with Gasteiger partial charge in [-0.1, -0.05) is 12.1 Å². The summed E-state index contributed by atoms with van der Waals surface area (Å²) in [5.41, 5.74) is 2.78. The van der Waals surface area contributed by atoms with Crippen molar-refractivity contribution in [1.82, 2.24) is 19.4 Å². The van der Waals surface area contributed by atoms with Gasteiger partial charge in [-0.3, -0.25) is 14.3 Å². The van der Waals surface area contributed by atoms with Crippen molar-refractivity contribution in [3.63, 3.8) is 0 Å². The van der Waals surface area contributed by atoms with Crippen LogP contribution in [0.1, 0.15) is 23.5 Å². The van der Waals surface area contributed by atoms with Crippen molar-refractivity contribution in [2.45, 2.75) is 25.3 Å². The summed E-state index contributed by atoms with van der Waals surface area (Å²) in [7, 11) is 1.74. The Balaban J connectivity index is 1.25. The number of fused-ring (bicyclic) bond motifs is 6. The van der Waals surface area contributed by atoms with Crippen LogP contribution in [-0.4, -0.2) is 46.2 Å². The highest BCUT2D eigenvalue weighted by atomic mass is 32.1. The number of benzene rings is 1. The first-order valence-electron chi connectivity index (χ1n) is 11.0. The fourth-order valence-electron chi connectivity index (χ4n) is 5.56. The number of hydrogen-bond acceptors (Lipinski definition) is 6. The maximum atomic E-state index is 13.1. The van der Waals surface area contributed by atoms with E-state index in [9.17, 15) is 9.59 Å². The molecule has 1 aliphatic carbocycles. The molecule has 0 spiro atoms. The average Bonchev–Trinajstić information content (AvgIpc) is 3.40. The second kappa shape index (κ2) is 7.56. The van der Waals surface area contributed by atoms with Gasteiger partial charge in [0.2, 0.25) is 0 Å². The van der Waals surface area contributed by atoms with Crippen molar-refractivity contribution in [1.29, 1.82) is 0 Å². The summed E-state index contributed by atoms with van der Waals surface area (Å²) in [6, 6.07) is 8.24. The molecule has 164 valence electrons. The largest absolute Gasteiger partial charge is 0.496 e. The zero-order valence-corrected chi connectivity index (χ0v) is 18.7. The lowest BCUT2D eigenvalue weighted by molar-refractivity contribution is 0.303. The summed E-state index contributed by atoms with van der Waals surface area (Å²) in [6.07, 6.45) is 5.60. The molecule has 1 aromatic carbocycles. The molecular weight excluding hydrogens is 424 g/mol. The van der Waals surface area contributed by atoms with Gasteiger partial charge in [-0.2, -0.15) is 0 Å². The molecule has 7 nitrogen and oxygen atoms in total. The van der Waals surface area contributed by atoms with Crippen LogP contribution >= 0.6 is 11.3 Å². The molecule has 1 saturated heterocycles. The smallest absolute Gasteiger partial charge is 0.328 e. The molecule has 1 fully saturated rings. The fraction of sp³-hybridized carbons (Fsp3) is 0.375. The molecule has 4 heterocycles. The number of aromatic nitrogens is 3. The van der Waals surface area contributed by atoms with E-state index >= 15 is 0 Å². The molecule has 0 bridgehead atoms. The van der Waals surface area contributed by atoms with Crippen molar-refractivity contribution in [2.24, 2.45) is 5.92 Å². The number of H-pyrrole nitrogens is 1. The van der Waals surface area contributed by atoms with E-state index in [1.807, 2.05) is 12.1 Å². The SMILES string of the molecule is COc1cccc2c1CCC1CN(CCn3c(=O)[nH]c4c(sc5ccncc54)c3=O)CC21. The second-order valence-corrected chi connectivity index (χ2v) is 9.81. The standard InChI is InChI=1S/C24H24N4O3S/c1-31-19-4-2-3-15-16(19)6-5-14-12-27(13-18(14)15)9-10-28-23(29)22-21(26-24(28)30)17-11-25-8-7-20(17)32-22/h2-4,7-8,11,14,18H,5-6,9-10,12-13H2,1H3,(H,26,30). The zero-order chi connectivity index (χ0) is 21.8. The summed E-state index contributed by atoms with van der Waals surface area (Å²) < 4.78 is 8.48. The minimum absolute atomic E-state index is 0.211. The number of rotatable bonds is 4. The Bertz CT molecular complexity index is 1450. The van der Waals surface area contributed by atoms with Crippen molar-refractivity contribution in [2.75, 3.05) is 26.7 Å². The van der Waals surface area contributed by atoms with Gasteiger partial charge >= 0.3 is 5.69 Å². The molecule has 2 aliphatic rings. The third-order valence-corrected chi connectivity index (χ3v) is 8.28. The fourth-order valence-corrected chi connectivity index (χ4v) is 6.63. The van der Waals surface area contributed by atoms with Gasteiger partial charge in [0.15, 0.2) is 0 Å². The van der Waals surface area contributed by atoms with Crippen LogP contribution in [-0.2, 0) is 13.0 Å². The Morgan fingerprint density at radius 2 is 2.12 bits per heavy atom. The highest BCUT2D eigenvalue weighted by Gasteiger charge is 2.38. The van der Waals surface area contributed by atoms with E-state index in [2.05, 4.69) is 27.0 Å². The first kappa shape index (κ1) is 19.7. The van der Waals surface area contributed by atoms with E-state index < -0.39 is 0 Å². The molecule has 0 saturated carbocycles. The Kier molecular flexibility index (Phi) is 4.66. The van der Waals surface area contributed by atoms with Gasteiger partial charge in [0, 0.05) is 54.6 Å². The molecule has 0 amide bonds. The Morgan fingerprint density at radius 1 is 1.22 bits per heavy atom. The van der Waals surface area contributed by atoms with E-state index in [0.717, 1.165) is 41.8 Å². The van der Waals surface area contributed by atoms with E-state index in [1.54, 1.807) is 19.5 Å². The molecule has 2 atom stereocenters. The Labute approximate surface area is 188 Å². The van der Waals surface area contributed by atoms with Crippen molar-refractivity contribution < 1.29 is 4.74 Å². The minimum Gasteiger partial charge on any atom is -0.496 e. The number of likely N-dealkylation sites (tertiary alicyclic amines) is 1. The van der Waals surface area contributed by atoms with E-state index in [1.165, 1.54) is 27.0 Å². The lowest BCUT2D eigenvalue weighted by atomic mass is 9.77. The third kappa shape index (κ3) is 3.01. The van der Waals surface area contributed by atoms with Crippen LogP contribution in [0.15, 0.2) is 46.2 Å². The second-order valence-electron chi connectivity index (χ2n) is 8.76. The Hall–Kier alpha value is -2.97. The molecule has 3 aromatic heterocycles. The lowest BCUT2D eigenvalue weighted by Gasteiger charge is -2.28. The number of methoxy groups -OCH3 is 1. The molecule has 1 aliphatic heterocycles. The first-order valence-corrected chi connectivity index (χ1v) is 11.8. The zero-order valence-electron chi connectivity index (χ0n) is 17.8. The van der Waals surface area contributed by atoms with Gasteiger partial charge in [0.1, 0.15) is 10.4 Å². The van der Waals surface area contributed by atoms with Crippen molar-refractivity contribution in [3.05, 3.63) is 68.6 Å². The predicted molar refractivity (Wildman–Crippen MR) is 126 cm³/mol. The molecular formula is C24H24N4O3S. The van der Waals surface area contributed by atoms with E-state index in [0.29, 0.717) is 35.1 Å². The minimum atomic E-state index is -0.349. The molecule has 0 radical (unpaired) electrons. The average molecular weight is 449 g/mol. The van der Waals surface area contributed by atoms with Crippen molar-refractivity contribution >= 4 is 31.6 Å². The van der Waals surface area contributed by atoms with Gasteiger partial charge in [0.25, 0.3) is 5.56 Å². The monoisotopic (exact) mass is 448 g/mol. The molecule has 4 aromatic rings. The van der Waals surface area contributed by atoms with Gasteiger partial charge in [0.05, 0.1) is 12.6 Å². The summed E-state index contributed by atoms with van der Waals surface area (Å²) in [6.45, 7) is 3.04. The van der Waals surface area contributed by atoms with Gasteiger partial charge in [-0.05, 0) is 42.0 Å². The number of thiophene rings is 1. The molecule has 32 heavy (non-hydrogen) atoms. The van der Waals surface area contributed by atoms with Gasteiger partial charge < -0.3 is 14.6 Å². The molecule has 8 heteroatoms. The summed E-state index contributed by atoms with van der Waals surface area (Å²) in [5.74, 6) is 2.09. The number of nitrogens with one attached hydrogen (secondary N) is 1. The quantitative estimate of drug-likeness (QED) is 0.519. The molecule has 6 rings (SSSR count). The Morgan fingerprint density at radius 3 is 3.00 bits per heavy atom. The van der Waals surface area contributed by atoms with Crippen LogP contribution in [0.25, 0.3) is 20.3 Å². The van der Waals surface area contributed by atoms with Crippen LogP contribution < -0.4 is 16.0 Å². The number of nitrogens with zero attached hydrogens (tertiary/aromatic N) is 3. The maximum absolute atomic E-state index is 13.1. The lowest BCUT2D eigenvalue weighted by Crippen LogP contribution is -2.38. The third-order valence-electron chi connectivity index (χ3n) is 7.12. The van der Waals surface area contributed by atoms with Crippen LogP contribution in [0, 0.1) is 5.92 Å². The predicted octanol–water partition coefficient (Wildman–Crippen LogP) is 2.97. The van der Waals surface area contributed by atoms with E-state index in [-0.39, 0.29) is 11.2 Å². The van der Waals surface area contributed by atoms with E-state index in [4.69, 9.17) is 4.74 Å². The highest BCUT2D eigenvalue weighted by Crippen LogP contribution is 2.43. The van der Waals surface area contributed by atoms with Crippen LogP contribution in [0.5, 0.6) is 5.75 Å². The number of aromatic amines is 1. The number of ether oxygens (including phenoxy) is 1.